The zero-order chi connectivity index (χ0) is 21.6. The van der Waals surface area contributed by atoms with Crippen molar-refractivity contribution in [3.8, 4) is 0 Å². The van der Waals surface area contributed by atoms with Crippen LogP contribution in [0.15, 0.2) is 47.1 Å². The van der Waals surface area contributed by atoms with E-state index in [1.54, 1.807) is 24.4 Å². The van der Waals surface area contributed by atoms with Crippen LogP contribution in [0.5, 0.6) is 0 Å². The summed E-state index contributed by atoms with van der Waals surface area (Å²) in [6.07, 6.45) is 1.62. The molecule has 0 saturated heterocycles. The zero-order valence-electron chi connectivity index (χ0n) is 15.6. The first kappa shape index (κ1) is 19.9. The second-order valence-electron chi connectivity index (χ2n) is 6.76. The van der Waals surface area contributed by atoms with Crippen LogP contribution in [-0.2, 0) is 4.79 Å². The lowest BCUT2D eigenvalue weighted by Crippen LogP contribution is -2.25. The van der Waals surface area contributed by atoms with Gasteiger partial charge in [-0.15, -0.1) is 11.8 Å². The number of aromatic nitrogens is 2. The van der Waals surface area contributed by atoms with Crippen molar-refractivity contribution >= 4 is 34.8 Å². The predicted octanol–water partition coefficient (Wildman–Crippen LogP) is 3.06. The smallest absolute Gasteiger partial charge is 0.334 e. The van der Waals surface area contributed by atoms with E-state index in [4.69, 9.17) is 5.73 Å². The molecule has 4 rings (SSSR count). The second-order valence-corrected chi connectivity index (χ2v) is 7.79. The molecule has 3 aromatic rings. The maximum atomic E-state index is 14.5. The summed E-state index contributed by atoms with van der Waals surface area (Å²) in [5, 5.41) is 16.4. The third kappa shape index (κ3) is 3.18. The molecular formula is C20H16F2N4O3S. The molecule has 0 radical (unpaired) electrons. The molecule has 0 aliphatic carbocycles. The summed E-state index contributed by atoms with van der Waals surface area (Å²) in [4.78, 5) is 24.6. The van der Waals surface area contributed by atoms with Crippen LogP contribution in [0.1, 0.15) is 27.5 Å². The number of aliphatic carboxylic acids is 1. The van der Waals surface area contributed by atoms with Gasteiger partial charge in [-0.25, -0.2) is 18.1 Å². The van der Waals surface area contributed by atoms with Gasteiger partial charge in [0.2, 0.25) is 0 Å². The molecule has 1 atom stereocenters. The number of carboxylic acid groups (broad SMARTS) is 1. The van der Waals surface area contributed by atoms with Crippen molar-refractivity contribution < 1.29 is 23.5 Å². The molecule has 0 spiro atoms. The average Bonchev–Trinajstić information content (AvgIpc) is 3.28. The minimum absolute atomic E-state index is 0.0503. The largest absolute Gasteiger partial charge is 0.478 e. The van der Waals surface area contributed by atoms with Gasteiger partial charge < -0.3 is 16.2 Å². The van der Waals surface area contributed by atoms with Gasteiger partial charge in [-0.2, -0.15) is 5.10 Å². The van der Waals surface area contributed by atoms with Gasteiger partial charge in [-0.1, -0.05) is 18.2 Å². The van der Waals surface area contributed by atoms with Crippen LogP contribution in [0.2, 0.25) is 0 Å². The number of nitrogens with zero attached hydrogens (tertiary/aromatic N) is 2. The van der Waals surface area contributed by atoms with Gasteiger partial charge in [-0.05, 0) is 30.2 Å². The number of carboxylic acids is 1. The van der Waals surface area contributed by atoms with Crippen molar-refractivity contribution in [2.24, 2.45) is 0 Å². The van der Waals surface area contributed by atoms with E-state index in [2.05, 4.69) is 10.4 Å². The monoisotopic (exact) mass is 430 g/mol. The second kappa shape index (κ2) is 7.45. The molecule has 1 aliphatic heterocycles. The summed E-state index contributed by atoms with van der Waals surface area (Å²) in [5.41, 5.74) is 6.47. The molecule has 2 aromatic heterocycles. The number of nitrogen functional groups attached to an aromatic ring is 1. The van der Waals surface area contributed by atoms with Crippen molar-refractivity contribution in [3.63, 3.8) is 0 Å². The molecule has 7 nitrogen and oxygen atoms in total. The first-order chi connectivity index (χ1) is 14.3. The topological polar surface area (TPSA) is 110 Å². The quantitative estimate of drug-likeness (QED) is 0.587. The highest BCUT2D eigenvalue weighted by Gasteiger charge is 2.36. The molecular weight excluding hydrogens is 414 g/mol. The Labute approximate surface area is 173 Å². The SMILES string of the molecule is Cc1ccc(C2CSC(NC(=O)c3nn4ccccc4c3N)=C2C(=O)O)c(F)c1F. The number of anilines is 1. The molecule has 1 aromatic carbocycles. The van der Waals surface area contributed by atoms with Gasteiger partial charge in [0.25, 0.3) is 5.91 Å². The van der Waals surface area contributed by atoms with Crippen molar-refractivity contribution in [2.75, 3.05) is 11.5 Å². The Hall–Kier alpha value is -3.40. The fourth-order valence-electron chi connectivity index (χ4n) is 3.36. The third-order valence-electron chi connectivity index (χ3n) is 4.92. The van der Waals surface area contributed by atoms with E-state index in [1.165, 1.54) is 23.6 Å². The summed E-state index contributed by atoms with van der Waals surface area (Å²) >= 11 is 1.04. The Morgan fingerprint density at radius 3 is 2.73 bits per heavy atom. The lowest BCUT2D eigenvalue weighted by Gasteiger charge is -2.14. The number of fused-ring (bicyclic) bond motifs is 1. The van der Waals surface area contributed by atoms with Crippen LogP contribution in [0, 0.1) is 18.6 Å². The van der Waals surface area contributed by atoms with Crippen LogP contribution >= 0.6 is 11.8 Å². The van der Waals surface area contributed by atoms with Crippen molar-refractivity contribution in [1.29, 1.82) is 0 Å². The molecule has 154 valence electrons. The maximum absolute atomic E-state index is 14.5. The minimum atomic E-state index is -1.33. The first-order valence-corrected chi connectivity index (χ1v) is 9.87. The molecule has 0 bridgehead atoms. The fourth-order valence-corrected chi connectivity index (χ4v) is 4.59. The summed E-state index contributed by atoms with van der Waals surface area (Å²) in [6.45, 7) is 1.42. The van der Waals surface area contributed by atoms with Crippen LogP contribution in [0.4, 0.5) is 14.5 Å². The zero-order valence-corrected chi connectivity index (χ0v) is 16.5. The van der Waals surface area contributed by atoms with E-state index in [9.17, 15) is 23.5 Å². The molecule has 1 amide bonds. The molecule has 4 N–H and O–H groups in total. The number of carbonyl (C=O) groups excluding carboxylic acids is 1. The van der Waals surface area contributed by atoms with Crippen molar-refractivity contribution in [1.82, 2.24) is 14.9 Å². The van der Waals surface area contributed by atoms with E-state index in [0.29, 0.717) is 5.52 Å². The lowest BCUT2D eigenvalue weighted by molar-refractivity contribution is -0.132. The highest BCUT2D eigenvalue weighted by molar-refractivity contribution is 8.03. The highest BCUT2D eigenvalue weighted by Crippen LogP contribution is 2.42. The standard InChI is InChI=1S/C20H16F2N4O3S/c1-9-5-6-10(15(22)14(9)21)11-8-30-19(13(11)20(28)29)24-18(27)17-16(23)12-4-2-3-7-26(12)25-17/h2-7,11H,8,23H2,1H3,(H,24,27)(H,28,29). The number of thioether (sulfide) groups is 1. The van der Waals surface area contributed by atoms with E-state index in [-0.39, 0.29) is 38.9 Å². The predicted molar refractivity (Wildman–Crippen MR) is 108 cm³/mol. The van der Waals surface area contributed by atoms with E-state index in [0.717, 1.165) is 11.8 Å². The number of aryl methyl sites for hydroxylation is 1. The Bertz CT molecular complexity index is 1240. The normalized spacial score (nSPS) is 16.3. The molecule has 10 heteroatoms. The number of rotatable bonds is 4. The van der Waals surface area contributed by atoms with Gasteiger partial charge in [0.15, 0.2) is 17.3 Å². The van der Waals surface area contributed by atoms with Crippen molar-refractivity contribution in [2.45, 2.75) is 12.8 Å². The summed E-state index contributed by atoms with van der Waals surface area (Å²) in [5.74, 6) is -4.90. The first-order valence-electron chi connectivity index (χ1n) is 8.88. The van der Waals surface area contributed by atoms with Gasteiger partial charge >= 0.3 is 5.97 Å². The molecule has 1 unspecified atom stereocenters. The number of hydrogen-bond acceptors (Lipinski definition) is 5. The Balaban J connectivity index is 1.70. The van der Waals surface area contributed by atoms with Crippen LogP contribution in [0.25, 0.3) is 5.52 Å². The lowest BCUT2D eigenvalue weighted by atomic mass is 9.92. The van der Waals surface area contributed by atoms with Gasteiger partial charge in [0, 0.05) is 17.9 Å². The number of pyridine rings is 1. The number of hydrogen-bond donors (Lipinski definition) is 3. The number of nitrogens with one attached hydrogen (secondary N) is 1. The molecule has 30 heavy (non-hydrogen) atoms. The maximum Gasteiger partial charge on any atom is 0.334 e. The molecule has 1 aliphatic rings. The highest BCUT2D eigenvalue weighted by atomic mass is 32.2. The van der Waals surface area contributed by atoms with Gasteiger partial charge in [0.1, 0.15) is 0 Å². The molecule has 0 saturated carbocycles. The fraction of sp³-hybridized carbons (Fsp3) is 0.150. The Morgan fingerprint density at radius 1 is 1.27 bits per heavy atom. The summed E-state index contributed by atoms with van der Waals surface area (Å²) < 4.78 is 29.9. The average molecular weight is 430 g/mol. The number of halogens is 2. The van der Waals surface area contributed by atoms with Crippen LogP contribution < -0.4 is 11.1 Å². The van der Waals surface area contributed by atoms with Gasteiger partial charge in [0.05, 0.1) is 21.8 Å². The summed E-state index contributed by atoms with van der Waals surface area (Å²) in [7, 11) is 0. The van der Waals surface area contributed by atoms with Gasteiger partial charge in [-0.3, -0.25) is 4.79 Å². The minimum Gasteiger partial charge on any atom is -0.478 e. The third-order valence-corrected chi connectivity index (χ3v) is 6.03. The summed E-state index contributed by atoms with van der Waals surface area (Å²) in [6, 6.07) is 7.92. The Morgan fingerprint density at radius 2 is 2.03 bits per heavy atom. The van der Waals surface area contributed by atoms with Crippen molar-refractivity contribution in [3.05, 3.63) is 75.6 Å². The van der Waals surface area contributed by atoms with E-state index in [1.807, 2.05) is 0 Å². The number of carbonyl (C=O) groups is 2. The number of nitrogens with two attached hydrogens (primary N) is 1. The molecule has 0 fully saturated rings. The van der Waals surface area contributed by atoms with E-state index >= 15 is 0 Å². The van der Waals surface area contributed by atoms with E-state index < -0.39 is 29.4 Å². The van der Waals surface area contributed by atoms with Crippen LogP contribution in [0.3, 0.4) is 0 Å². The number of amides is 1. The van der Waals surface area contributed by atoms with Crippen LogP contribution in [-0.4, -0.2) is 32.3 Å². The number of benzene rings is 1. The molecule has 3 heterocycles. The Kier molecular flexibility index (Phi) is 4.94.